The zero-order chi connectivity index (χ0) is 32.9. The number of hydrogen-bond acceptors (Lipinski definition) is 10. The number of aldehydes is 2. The SMILES string of the molecule is C/C(=C\C=C\C(C)c1ccnc(N(C)C)n1)[C@@H](C=O)[C@@H](C)/C=C/[C@H](OC(=O)N1CCN(C)CC1)[C@@](C)(O)CC[C@H](O)CC=O. The zero-order valence-corrected chi connectivity index (χ0v) is 27.3. The molecule has 1 saturated heterocycles. The van der Waals surface area contributed by atoms with Crippen LogP contribution in [0.15, 0.2) is 48.2 Å². The summed E-state index contributed by atoms with van der Waals surface area (Å²) in [6, 6.07) is 1.88. The van der Waals surface area contributed by atoms with E-state index in [0.717, 1.165) is 30.6 Å². The number of allylic oxidation sites excluding steroid dienone is 5. The Kier molecular flexibility index (Phi) is 14.9. The van der Waals surface area contributed by atoms with Gasteiger partial charge in [0.15, 0.2) is 6.10 Å². The van der Waals surface area contributed by atoms with Crippen LogP contribution >= 0.6 is 0 Å². The number of aliphatic hydroxyl groups excluding tert-OH is 1. The highest BCUT2D eigenvalue weighted by Crippen LogP contribution is 2.26. The third-order valence-corrected chi connectivity index (χ3v) is 8.07. The molecule has 0 radical (unpaired) electrons. The number of hydrogen-bond donors (Lipinski definition) is 2. The number of ether oxygens (including phenoxy) is 1. The summed E-state index contributed by atoms with van der Waals surface area (Å²) in [6.07, 6.45) is 10.3. The number of anilines is 1. The predicted octanol–water partition coefficient (Wildman–Crippen LogP) is 3.39. The van der Waals surface area contributed by atoms with Gasteiger partial charge in [-0.15, -0.1) is 0 Å². The maximum absolute atomic E-state index is 13.0. The van der Waals surface area contributed by atoms with E-state index in [4.69, 9.17) is 4.74 Å². The first-order chi connectivity index (χ1) is 20.8. The summed E-state index contributed by atoms with van der Waals surface area (Å²) in [4.78, 5) is 50.4. The van der Waals surface area contributed by atoms with Gasteiger partial charge in [0, 0.05) is 64.7 Å². The van der Waals surface area contributed by atoms with Gasteiger partial charge in [-0.05, 0) is 51.8 Å². The first-order valence-electron chi connectivity index (χ1n) is 15.3. The number of amides is 1. The van der Waals surface area contributed by atoms with Gasteiger partial charge in [-0.2, -0.15) is 0 Å². The van der Waals surface area contributed by atoms with E-state index in [1.807, 2.05) is 71.1 Å². The van der Waals surface area contributed by atoms with Crippen LogP contribution in [0.5, 0.6) is 0 Å². The molecule has 244 valence electrons. The molecule has 1 unspecified atom stereocenters. The lowest BCUT2D eigenvalue weighted by Crippen LogP contribution is -2.50. The second-order valence-corrected chi connectivity index (χ2v) is 12.2. The number of rotatable bonds is 16. The standard InChI is InChI=1S/C33H51N5O6/c1-24(9-8-10-26(3)29-14-17-34-31(35-29)36(5)6)28(23-40)25(2)11-12-30(33(4,43)16-13-27(41)15-22-39)44-32(42)38-20-18-37(7)19-21-38/h8-12,14,17,22-23,25-28,30,41,43H,13,15-16,18-21H2,1-7H3/b10-8+,12-11+,24-9+/t25-,26?,27-,28+,30-,33-/m0/s1. The van der Waals surface area contributed by atoms with Gasteiger partial charge in [0.1, 0.15) is 18.2 Å². The van der Waals surface area contributed by atoms with Crippen LogP contribution in [0.3, 0.4) is 0 Å². The van der Waals surface area contributed by atoms with Gasteiger partial charge in [-0.1, -0.05) is 43.7 Å². The fourth-order valence-electron chi connectivity index (χ4n) is 4.83. The molecule has 0 bridgehead atoms. The monoisotopic (exact) mass is 613 g/mol. The van der Waals surface area contributed by atoms with Crippen LogP contribution in [0.2, 0.25) is 0 Å². The van der Waals surface area contributed by atoms with Crippen molar-refractivity contribution < 1.29 is 29.3 Å². The maximum atomic E-state index is 13.0. The van der Waals surface area contributed by atoms with Gasteiger partial charge in [0.25, 0.3) is 0 Å². The highest BCUT2D eigenvalue weighted by atomic mass is 16.6. The number of piperazine rings is 1. The lowest BCUT2D eigenvalue weighted by Gasteiger charge is -2.36. The van der Waals surface area contributed by atoms with Gasteiger partial charge >= 0.3 is 6.09 Å². The van der Waals surface area contributed by atoms with Gasteiger partial charge in [-0.25, -0.2) is 14.8 Å². The van der Waals surface area contributed by atoms with Crippen molar-refractivity contribution in [3.05, 3.63) is 53.9 Å². The number of carbonyl (C=O) groups is 3. The lowest BCUT2D eigenvalue weighted by atomic mass is 9.86. The Bertz CT molecular complexity index is 1160. The van der Waals surface area contributed by atoms with Crippen molar-refractivity contribution in [3.63, 3.8) is 0 Å². The van der Waals surface area contributed by atoms with Crippen LogP contribution in [-0.4, -0.2) is 114 Å². The molecular weight excluding hydrogens is 562 g/mol. The molecule has 11 nitrogen and oxygen atoms in total. The molecule has 1 aliphatic rings. The largest absolute Gasteiger partial charge is 0.439 e. The Labute approximate surface area is 262 Å². The van der Waals surface area contributed by atoms with Crippen molar-refractivity contribution in [2.75, 3.05) is 52.2 Å². The molecule has 1 amide bonds. The molecular formula is C33H51N5O6. The normalized spacial score (nSPS) is 19.7. The summed E-state index contributed by atoms with van der Waals surface area (Å²) in [5, 5.41) is 21.4. The lowest BCUT2D eigenvalue weighted by molar-refractivity contribution is -0.111. The Morgan fingerprint density at radius 3 is 2.45 bits per heavy atom. The Hall–Kier alpha value is -3.41. The van der Waals surface area contributed by atoms with E-state index < -0.39 is 29.8 Å². The molecule has 0 aliphatic carbocycles. The Morgan fingerprint density at radius 2 is 1.84 bits per heavy atom. The molecule has 1 aromatic rings. The topological polar surface area (TPSA) is 136 Å². The van der Waals surface area contributed by atoms with Crippen LogP contribution in [0, 0.1) is 11.8 Å². The second kappa shape index (κ2) is 17.8. The maximum Gasteiger partial charge on any atom is 0.410 e. The van der Waals surface area contributed by atoms with Crippen molar-refractivity contribution in [2.45, 2.75) is 70.7 Å². The number of carbonyl (C=O) groups excluding carboxylic acids is 3. The molecule has 0 spiro atoms. The highest BCUT2D eigenvalue weighted by Gasteiger charge is 2.35. The Morgan fingerprint density at radius 1 is 1.16 bits per heavy atom. The van der Waals surface area contributed by atoms with E-state index in [9.17, 15) is 24.6 Å². The second-order valence-electron chi connectivity index (χ2n) is 12.2. The fraction of sp³-hybridized carbons (Fsp3) is 0.606. The number of likely N-dealkylation sites (N-methyl/N-ethyl adjacent to an activating group) is 1. The van der Waals surface area contributed by atoms with Gasteiger partial charge in [0.05, 0.1) is 11.8 Å². The summed E-state index contributed by atoms with van der Waals surface area (Å²) in [5.41, 5.74) is 0.222. The van der Waals surface area contributed by atoms with Crippen molar-refractivity contribution in [2.24, 2.45) is 11.8 Å². The molecule has 2 N–H and O–H groups in total. The van der Waals surface area contributed by atoms with Crippen LogP contribution in [-0.2, 0) is 14.3 Å². The minimum absolute atomic E-state index is 0.0370. The molecule has 44 heavy (non-hydrogen) atoms. The minimum Gasteiger partial charge on any atom is -0.439 e. The van der Waals surface area contributed by atoms with Crippen molar-refractivity contribution in [1.82, 2.24) is 19.8 Å². The van der Waals surface area contributed by atoms with Gasteiger partial charge in [0.2, 0.25) is 5.95 Å². The summed E-state index contributed by atoms with van der Waals surface area (Å²) in [6.45, 7) is 9.84. The molecule has 1 aromatic heterocycles. The molecule has 2 heterocycles. The van der Waals surface area contributed by atoms with Crippen LogP contribution < -0.4 is 4.90 Å². The average Bonchev–Trinajstić information content (AvgIpc) is 2.98. The van der Waals surface area contributed by atoms with Crippen molar-refractivity contribution >= 4 is 24.6 Å². The quantitative estimate of drug-likeness (QED) is 0.162. The van der Waals surface area contributed by atoms with Gasteiger partial charge < -0.3 is 39.2 Å². The molecule has 1 fully saturated rings. The number of nitrogens with zero attached hydrogens (tertiary/aromatic N) is 5. The Balaban J connectivity index is 2.18. The summed E-state index contributed by atoms with van der Waals surface area (Å²) >= 11 is 0. The predicted molar refractivity (Wildman–Crippen MR) is 171 cm³/mol. The molecule has 6 atom stereocenters. The number of aliphatic hydroxyl groups is 2. The molecule has 11 heteroatoms. The fourth-order valence-corrected chi connectivity index (χ4v) is 4.83. The van der Waals surface area contributed by atoms with E-state index in [1.165, 1.54) is 0 Å². The van der Waals surface area contributed by atoms with Crippen molar-refractivity contribution in [1.29, 1.82) is 0 Å². The van der Waals surface area contributed by atoms with Gasteiger partial charge in [-0.3, -0.25) is 0 Å². The van der Waals surface area contributed by atoms with E-state index in [1.54, 1.807) is 30.2 Å². The molecule has 0 aromatic carbocycles. The van der Waals surface area contributed by atoms with E-state index >= 15 is 0 Å². The summed E-state index contributed by atoms with van der Waals surface area (Å²) in [5.74, 6) is -0.0326. The van der Waals surface area contributed by atoms with E-state index in [2.05, 4.69) is 14.9 Å². The van der Waals surface area contributed by atoms with E-state index in [0.29, 0.717) is 25.3 Å². The van der Waals surface area contributed by atoms with E-state index in [-0.39, 0.29) is 31.1 Å². The zero-order valence-electron chi connectivity index (χ0n) is 27.3. The third kappa shape index (κ3) is 11.6. The smallest absolute Gasteiger partial charge is 0.410 e. The van der Waals surface area contributed by atoms with Crippen LogP contribution in [0.1, 0.15) is 58.6 Å². The minimum atomic E-state index is -1.52. The molecule has 1 aliphatic heterocycles. The summed E-state index contributed by atoms with van der Waals surface area (Å²) in [7, 11) is 5.77. The third-order valence-electron chi connectivity index (χ3n) is 8.07. The molecule has 0 saturated carbocycles. The number of aromatic nitrogens is 2. The first kappa shape index (κ1) is 36.8. The van der Waals surface area contributed by atoms with Crippen LogP contribution in [0.25, 0.3) is 0 Å². The highest BCUT2D eigenvalue weighted by molar-refractivity contribution is 5.68. The molecule has 2 rings (SSSR count). The summed E-state index contributed by atoms with van der Waals surface area (Å²) < 4.78 is 5.82. The first-order valence-corrected chi connectivity index (χ1v) is 15.3. The average molecular weight is 614 g/mol. The van der Waals surface area contributed by atoms with Crippen LogP contribution in [0.4, 0.5) is 10.7 Å². The van der Waals surface area contributed by atoms with Crippen molar-refractivity contribution in [3.8, 4) is 0 Å².